The number of nitrogens with two attached hydrogens (primary N) is 1. The first-order valence-electron chi connectivity index (χ1n) is 30.8. The van der Waals surface area contributed by atoms with Gasteiger partial charge in [-0.1, -0.05) is 68.8 Å². The molecule has 2 aromatic carbocycles. The van der Waals surface area contributed by atoms with Crippen molar-refractivity contribution in [3.8, 4) is 0 Å². The van der Waals surface area contributed by atoms with Crippen molar-refractivity contribution in [1.82, 2.24) is 31.9 Å². The van der Waals surface area contributed by atoms with E-state index in [1.165, 1.54) is 30.8 Å². The number of benzene rings is 2. The van der Waals surface area contributed by atoms with Gasteiger partial charge in [0.2, 0.25) is 35.4 Å². The molecule has 3 aliphatic heterocycles. The second kappa shape index (κ2) is 38.5. The van der Waals surface area contributed by atoms with Crippen LogP contribution in [-0.4, -0.2) is 177 Å². The summed E-state index contributed by atoms with van der Waals surface area (Å²) in [6.07, 6.45) is 8.94. The van der Waals surface area contributed by atoms with Crippen LogP contribution in [0.3, 0.4) is 0 Å². The van der Waals surface area contributed by atoms with E-state index in [4.69, 9.17) is 38.9 Å². The number of amides is 9. The number of thioether (sulfide) groups is 1. The minimum Gasteiger partial charge on any atom is -0.459 e. The van der Waals surface area contributed by atoms with E-state index in [-0.39, 0.29) is 113 Å². The third-order valence-corrected chi connectivity index (χ3v) is 15.7. The average molecular weight is 1290 g/mol. The molecule has 0 unspecified atom stereocenters. The van der Waals surface area contributed by atoms with E-state index in [2.05, 4.69) is 55.5 Å². The topological polar surface area (TPSA) is 364 Å². The van der Waals surface area contributed by atoms with Gasteiger partial charge in [-0.25, -0.2) is 9.59 Å². The molecule has 0 radical (unpaired) electrons. The number of aliphatic hydroxyl groups excluding tert-OH is 1. The standard InChI is InChI=1S/C64H93N9O17S/c1-39(2)58(73-55(76)25-28-84-30-31-85-29-27-66-57(78)37-91-8)61(81)72-50(10-9-26-67-62(65)82)60(80)69-47-20-16-46(17-21-47)36-86-63(83)70-48-18-14-45(15-19-48)35-68-56(77)33-49-34-64(38-87-64)59(79)53(90-49)23-12-40(3)11-22-52-41(4)32-51(43(6)89-52)71-54(75)24-13-42(5)88-44(7)74/h11-21,23-24,39,41-43,49-53,58-59,79H,9-10,22,25-38H2,1-8H3,(H,66,78)(H,68,77)(H,69,80)(H,70,83)(H,71,75)(H,72,81)(H,73,76)(H3,65,67,82)/b23-12+,24-13-,40-11+/t41-,42-,43+,49+,50+,51+,52-,53+,58+,59+,64+/m0/s1. The van der Waals surface area contributed by atoms with Gasteiger partial charge in [0.15, 0.2) is 0 Å². The van der Waals surface area contributed by atoms with Gasteiger partial charge < -0.3 is 81.2 Å². The van der Waals surface area contributed by atoms with Crippen molar-refractivity contribution in [2.75, 3.05) is 68.8 Å². The first kappa shape index (κ1) is 74.3. The van der Waals surface area contributed by atoms with E-state index in [1.54, 1.807) is 75.4 Å². The molecule has 11 N–H and O–H groups in total. The van der Waals surface area contributed by atoms with Gasteiger partial charge in [0.1, 0.15) is 42.6 Å². The molecule has 5 rings (SSSR count). The largest absolute Gasteiger partial charge is 0.459 e. The fraction of sp³-hybridized carbons (Fsp3) is 0.578. The Morgan fingerprint density at radius 3 is 2.14 bits per heavy atom. The van der Waals surface area contributed by atoms with Crippen molar-refractivity contribution < 1.29 is 81.4 Å². The molecule has 0 aliphatic carbocycles. The second-order valence-electron chi connectivity index (χ2n) is 23.3. The molecule has 2 aromatic rings. The van der Waals surface area contributed by atoms with Gasteiger partial charge in [-0.05, 0) is 106 Å². The summed E-state index contributed by atoms with van der Waals surface area (Å²) in [6, 6.07) is 10.4. The average Bonchev–Trinajstić information content (AvgIpc) is 1.61. The molecule has 91 heavy (non-hydrogen) atoms. The number of carbonyl (C=O) groups is 9. The lowest BCUT2D eigenvalue weighted by Crippen LogP contribution is -2.54. The van der Waals surface area contributed by atoms with Gasteiger partial charge in [0.25, 0.3) is 0 Å². The minimum atomic E-state index is -1.07. The normalized spacial score (nSPS) is 22.3. The molecule has 3 heterocycles. The molecular formula is C64H93N9O17S. The van der Waals surface area contributed by atoms with Crippen LogP contribution in [0.4, 0.5) is 21.0 Å². The highest BCUT2D eigenvalue weighted by molar-refractivity contribution is 7.99. The molecule has 0 saturated carbocycles. The molecule has 502 valence electrons. The minimum absolute atomic E-state index is 0.0300. The van der Waals surface area contributed by atoms with Gasteiger partial charge in [-0.3, -0.25) is 38.9 Å². The van der Waals surface area contributed by atoms with Crippen molar-refractivity contribution in [2.45, 2.75) is 167 Å². The number of allylic oxidation sites excluding steroid dienone is 2. The molecule has 27 heteroatoms. The number of rotatable bonds is 36. The number of hydrogen-bond donors (Lipinski definition) is 10. The molecule has 0 aromatic heterocycles. The molecule has 1 spiro atoms. The van der Waals surface area contributed by atoms with Crippen LogP contribution in [0.15, 0.2) is 84.5 Å². The third-order valence-electron chi connectivity index (χ3n) is 15.2. The van der Waals surface area contributed by atoms with Crippen molar-refractivity contribution in [3.05, 3.63) is 95.6 Å². The lowest BCUT2D eigenvalue weighted by atomic mass is 9.87. The lowest BCUT2D eigenvalue weighted by Gasteiger charge is -2.39. The number of hydrogen-bond acceptors (Lipinski definition) is 18. The number of primary amides is 1. The number of esters is 1. The Hall–Kier alpha value is -7.40. The zero-order valence-corrected chi connectivity index (χ0v) is 54.2. The van der Waals surface area contributed by atoms with Crippen molar-refractivity contribution in [2.24, 2.45) is 17.6 Å². The molecule has 9 amide bonds. The SMILES string of the molecule is CSCC(=O)NCCOCCOCCC(=O)N[C@@H](C(=O)N[C@H](CCCNC(N)=O)C(=O)Nc1ccc(COC(=O)Nc2ccc(CNC(=O)C[C@@H]3C[C@@]4(CO4)[C@H](O)[C@@H](/C=C/C(C)=C/C[C@@H]4O[C@H](C)[C@H](NC(=O)/C=C\[C@H](C)OC(C)=O)C[C@@H]4C)O3)cc2)cc1)C(C)C. The van der Waals surface area contributed by atoms with Gasteiger partial charge >= 0.3 is 18.1 Å². The third kappa shape index (κ3) is 27.5. The summed E-state index contributed by atoms with van der Waals surface area (Å²) in [5.41, 5.74) is 7.59. The summed E-state index contributed by atoms with van der Waals surface area (Å²) in [4.78, 5) is 113. The van der Waals surface area contributed by atoms with Crippen LogP contribution < -0.4 is 48.3 Å². The van der Waals surface area contributed by atoms with Crippen molar-refractivity contribution in [3.63, 3.8) is 0 Å². The van der Waals surface area contributed by atoms with Gasteiger partial charge in [-0.15, -0.1) is 0 Å². The summed E-state index contributed by atoms with van der Waals surface area (Å²) in [7, 11) is 0. The number of aliphatic hydroxyl groups is 1. The highest BCUT2D eigenvalue weighted by Crippen LogP contribution is 2.43. The molecular weight excluding hydrogens is 1200 g/mol. The van der Waals surface area contributed by atoms with E-state index >= 15 is 0 Å². The van der Waals surface area contributed by atoms with E-state index < -0.39 is 77.9 Å². The maximum absolute atomic E-state index is 13.6. The van der Waals surface area contributed by atoms with Gasteiger partial charge in [0.05, 0.1) is 69.6 Å². The van der Waals surface area contributed by atoms with E-state index in [9.17, 15) is 48.3 Å². The molecule has 0 bridgehead atoms. The van der Waals surface area contributed by atoms with E-state index in [0.717, 1.165) is 17.6 Å². The highest BCUT2D eigenvalue weighted by atomic mass is 32.2. The van der Waals surface area contributed by atoms with Crippen molar-refractivity contribution in [1.29, 1.82) is 0 Å². The molecule has 3 saturated heterocycles. The summed E-state index contributed by atoms with van der Waals surface area (Å²) in [5, 5.41) is 33.3. The van der Waals surface area contributed by atoms with Crippen molar-refractivity contribution >= 4 is 76.7 Å². The summed E-state index contributed by atoms with van der Waals surface area (Å²) >= 11 is 1.42. The molecule has 3 aliphatic rings. The first-order valence-corrected chi connectivity index (χ1v) is 32.2. The maximum Gasteiger partial charge on any atom is 0.411 e. The number of epoxide rings is 1. The summed E-state index contributed by atoms with van der Waals surface area (Å²) < 4.78 is 39.8. The lowest BCUT2D eigenvalue weighted by molar-refractivity contribution is -0.145. The summed E-state index contributed by atoms with van der Waals surface area (Å²) in [5.74, 6) is -2.43. The molecule has 11 atom stereocenters. The quantitative estimate of drug-likeness (QED) is 0.0149. The maximum atomic E-state index is 13.6. The smallest absolute Gasteiger partial charge is 0.411 e. The monoisotopic (exact) mass is 1290 g/mol. The fourth-order valence-corrected chi connectivity index (χ4v) is 10.4. The highest BCUT2D eigenvalue weighted by Gasteiger charge is 2.58. The first-order chi connectivity index (χ1) is 43.4. The number of carbonyl (C=O) groups excluding carboxylic acids is 9. The Morgan fingerprint density at radius 2 is 1.48 bits per heavy atom. The van der Waals surface area contributed by atoms with Crippen LogP contribution in [0, 0.1) is 11.8 Å². The predicted molar refractivity (Wildman–Crippen MR) is 341 cm³/mol. The Kier molecular flexibility index (Phi) is 31.4. The van der Waals surface area contributed by atoms with Crippen LogP contribution in [0.25, 0.3) is 0 Å². The Balaban J connectivity index is 1.01. The second-order valence-corrected chi connectivity index (χ2v) is 24.1. The fourth-order valence-electron chi connectivity index (χ4n) is 10.0. The number of nitrogens with one attached hydrogen (secondary N) is 8. The van der Waals surface area contributed by atoms with Crippen LogP contribution in [0.1, 0.15) is 105 Å². The number of anilines is 2. The Labute approximate surface area is 536 Å². The zero-order chi connectivity index (χ0) is 66.5. The predicted octanol–water partition coefficient (Wildman–Crippen LogP) is 4.34. The summed E-state index contributed by atoms with van der Waals surface area (Å²) in [6.45, 7) is 14.3. The number of urea groups is 1. The van der Waals surface area contributed by atoms with Gasteiger partial charge in [0, 0.05) is 56.9 Å². The van der Waals surface area contributed by atoms with E-state index in [1.807, 2.05) is 26.2 Å². The molecule has 3 fully saturated rings. The van der Waals surface area contributed by atoms with E-state index in [0.29, 0.717) is 55.3 Å². The Morgan fingerprint density at radius 1 is 0.802 bits per heavy atom. The van der Waals surface area contributed by atoms with Gasteiger partial charge in [-0.2, -0.15) is 11.8 Å². The van der Waals surface area contributed by atoms with Crippen LogP contribution in [0.2, 0.25) is 0 Å². The number of ether oxygens (including phenoxy) is 7. The molecule has 26 nitrogen and oxygen atoms in total. The van der Waals surface area contributed by atoms with Crippen LogP contribution >= 0.6 is 11.8 Å². The van der Waals surface area contributed by atoms with Crippen LogP contribution in [-0.2, 0) is 79.9 Å². The van der Waals surface area contributed by atoms with Crippen LogP contribution in [0.5, 0.6) is 0 Å². The zero-order valence-electron chi connectivity index (χ0n) is 53.3. The Bertz CT molecular complexity index is 2820.